The standard InChI is InChI=1S/C12H16N2O/c13-12(15)10-4-1-3-9(7-10)11-5-2-6-14-8-11/h1,3-4,7,11,14H,2,5-6,8H2,(H2,13,15). The Labute approximate surface area is 89.7 Å². The molecule has 1 heterocycles. The highest BCUT2D eigenvalue weighted by Gasteiger charge is 2.15. The topological polar surface area (TPSA) is 55.1 Å². The molecule has 15 heavy (non-hydrogen) atoms. The minimum absolute atomic E-state index is 0.347. The van der Waals surface area contributed by atoms with Crippen molar-refractivity contribution in [1.82, 2.24) is 5.32 Å². The van der Waals surface area contributed by atoms with Crippen molar-refractivity contribution < 1.29 is 4.79 Å². The quantitative estimate of drug-likeness (QED) is 0.761. The van der Waals surface area contributed by atoms with Crippen molar-refractivity contribution >= 4 is 5.91 Å². The fourth-order valence-corrected chi connectivity index (χ4v) is 2.08. The van der Waals surface area contributed by atoms with Crippen LogP contribution in [0, 0.1) is 0 Å². The normalized spacial score (nSPS) is 21.2. The second kappa shape index (κ2) is 4.45. The van der Waals surface area contributed by atoms with Gasteiger partial charge in [0.1, 0.15) is 0 Å². The lowest BCUT2D eigenvalue weighted by molar-refractivity contribution is 0.1000. The molecule has 0 radical (unpaired) electrons. The van der Waals surface area contributed by atoms with Gasteiger partial charge in [-0.05, 0) is 43.0 Å². The highest BCUT2D eigenvalue weighted by Crippen LogP contribution is 2.23. The Hall–Kier alpha value is -1.35. The molecule has 1 aliphatic rings. The number of rotatable bonds is 2. The van der Waals surface area contributed by atoms with Gasteiger partial charge in [0, 0.05) is 12.1 Å². The molecular weight excluding hydrogens is 188 g/mol. The van der Waals surface area contributed by atoms with Crippen LogP contribution in [0.25, 0.3) is 0 Å². The molecule has 1 aromatic rings. The summed E-state index contributed by atoms with van der Waals surface area (Å²) in [6.07, 6.45) is 2.39. The maximum atomic E-state index is 11.0. The third-order valence-electron chi connectivity index (χ3n) is 2.94. The number of hydrogen-bond donors (Lipinski definition) is 2. The van der Waals surface area contributed by atoms with E-state index in [9.17, 15) is 4.79 Å². The van der Waals surface area contributed by atoms with Crippen molar-refractivity contribution in [2.45, 2.75) is 18.8 Å². The minimum atomic E-state index is -0.347. The van der Waals surface area contributed by atoms with Crippen molar-refractivity contribution in [2.24, 2.45) is 5.73 Å². The molecule has 3 heteroatoms. The van der Waals surface area contributed by atoms with Gasteiger partial charge in [0.25, 0.3) is 0 Å². The molecule has 0 bridgehead atoms. The van der Waals surface area contributed by atoms with Crippen molar-refractivity contribution in [3.05, 3.63) is 35.4 Å². The summed E-state index contributed by atoms with van der Waals surface area (Å²) in [5.41, 5.74) is 7.09. The Morgan fingerprint density at radius 3 is 3.00 bits per heavy atom. The number of nitrogens with one attached hydrogen (secondary N) is 1. The number of hydrogen-bond acceptors (Lipinski definition) is 2. The molecule has 0 spiro atoms. The van der Waals surface area contributed by atoms with Crippen LogP contribution in [-0.4, -0.2) is 19.0 Å². The lowest BCUT2D eigenvalue weighted by Gasteiger charge is -2.23. The third-order valence-corrected chi connectivity index (χ3v) is 2.94. The second-order valence-corrected chi connectivity index (χ2v) is 4.03. The molecule has 0 saturated carbocycles. The molecule has 1 fully saturated rings. The van der Waals surface area contributed by atoms with Crippen LogP contribution in [-0.2, 0) is 0 Å². The van der Waals surface area contributed by atoms with Crippen LogP contribution in [0.5, 0.6) is 0 Å². The molecule has 3 nitrogen and oxygen atoms in total. The van der Waals surface area contributed by atoms with E-state index in [0.29, 0.717) is 11.5 Å². The first-order chi connectivity index (χ1) is 7.27. The van der Waals surface area contributed by atoms with Crippen LogP contribution < -0.4 is 11.1 Å². The van der Waals surface area contributed by atoms with E-state index >= 15 is 0 Å². The SMILES string of the molecule is NC(=O)c1cccc(C2CCCNC2)c1. The largest absolute Gasteiger partial charge is 0.366 e. The number of carbonyl (C=O) groups excluding carboxylic acids is 1. The van der Waals surface area contributed by atoms with Gasteiger partial charge in [0.05, 0.1) is 0 Å². The molecule has 1 unspecified atom stereocenters. The van der Waals surface area contributed by atoms with Gasteiger partial charge < -0.3 is 11.1 Å². The van der Waals surface area contributed by atoms with Crippen molar-refractivity contribution in [3.8, 4) is 0 Å². The van der Waals surface area contributed by atoms with E-state index in [1.54, 1.807) is 6.07 Å². The van der Waals surface area contributed by atoms with Crippen LogP contribution in [0.2, 0.25) is 0 Å². The molecule has 0 aromatic heterocycles. The van der Waals surface area contributed by atoms with E-state index < -0.39 is 0 Å². The highest BCUT2D eigenvalue weighted by molar-refractivity contribution is 5.92. The summed E-state index contributed by atoms with van der Waals surface area (Å²) >= 11 is 0. The highest BCUT2D eigenvalue weighted by atomic mass is 16.1. The number of benzene rings is 1. The van der Waals surface area contributed by atoms with E-state index in [1.807, 2.05) is 12.1 Å². The second-order valence-electron chi connectivity index (χ2n) is 4.03. The Kier molecular flexibility index (Phi) is 3.02. The van der Waals surface area contributed by atoms with Crippen LogP contribution in [0.1, 0.15) is 34.7 Å². The van der Waals surface area contributed by atoms with Crippen molar-refractivity contribution in [3.63, 3.8) is 0 Å². The average molecular weight is 204 g/mol. The summed E-state index contributed by atoms with van der Waals surface area (Å²) in [4.78, 5) is 11.0. The Bertz CT molecular complexity index is 356. The number of nitrogens with two attached hydrogens (primary N) is 1. The molecule has 1 saturated heterocycles. The monoisotopic (exact) mass is 204 g/mol. The average Bonchev–Trinajstić information content (AvgIpc) is 2.30. The summed E-state index contributed by atoms with van der Waals surface area (Å²) in [6.45, 7) is 2.11. The van der Waals surface area contributed by atoms with Gasteiger partial charge in [-0.15, -0.1) is 0 Å². The summed E-state index contributed by atoms with van der Waals surface area (Å²) in [5.74, 6) is 0.179. The Morgan fingerprint density at radius 1 is 1.47 bits per heavy atom. The van der Waals surface area contributed by atoms with E-state index in [0.717, 1.165) is 13.1 Å². The molecular formula is C12H16N2O. The van der Waals surface area contributed by atoms with Gasteiger partial charge in [-0.25, -0.2) is 0 Å². The van der Waals surface area contributed by atoms with E-state index in [4.69, 9.17) is 5.73 Å². The molecule has 0 aliphatic carbocycles. The first-order valence-corrected chi connectivity index (χ1v) is 5.38. The van der Waals surface area contributed by atoms with Gasteiger partial charge in [-0.1, -0.05) is 12.1 Å². The van der Waals surface area contributed by atoms with Crippen LogP contribution in [0.4, 0.5) is 0 Å². The fourth-order valence-electron chi connectivity index (χ4n) is 2.08. The molecule has 2 rings (SSSR count). The maximum absolute atomic E-state index is 11.0. The van der Waals surface area contributed by atoms with E-state index in [1.165, 1.54) is 18.4 Å². The van der Waals surface area contributed by atoms with Gasteiger partial charge in [-0.2, -0.15) is 0 Å². The predicted octanol–water partition coefficient (Wildman–Crippen LogP) is 1.25. The zero-order valence-electron chi connectivity index (χ0n) is 8.70. The lowest BCUT2D eigenvalue weighted by atomic mass is 9.91. The third kappa shape index (κ3) is 2.36. The zero-order valence-corrected chi connectivity index (χ0v) is 8.70. The molecule has 1 aromatic carbocycles. The van der Waals surface area contributed by atoms with Crippen LogP contribution >= 0.6 is 0 Å². The smallest absolute Gasteiger partial charge is 0.248 e. The maximum Gasteiger partial charge on any atom is 0.248 e. The molecule has 3 N–H and O–H groups in total. The number of carbonyl (C=O) groups is 1. The minimum Gasteiger partial charge on any atom is -0.366 e. The number of amides is 1. The summed E-state index contributed by atoms with van der Waals surface area (Å²) < 4.78 is 0. The Morgan fingerprint density at radius 2 is 2.33 bits per heavy atom. The Balaban J connectivity index is 2.19. The summed E-state index contributed by atoms with van der Waals surface area (Å²) in [6, 6.07) is 7.66. The summed E-state index contributed by atoms with van der Waals surface area (Å²) in [5, 5.41) is 3.37. The van der Waals surface area contributed by atoms with Gasteiger partial charge in [0.15, 0.2) is 0 Å². The fraction of sp³-hybridized carbons (Fsp3) is 0.417. The van der Waals surface area contributed by atoms with Crippen molar-refractivity contribution in [1.29, 1.82) is 0 Å². The number of piperidine rings is 1. The lowest BCUT2D eigenvalue weighted by Crippen LogP contribution is -2.28. The van der Waals surface area contributed by atoms with Gasteiger partial charge in [0.2, 0.25) is 5.91 Å². The first kappa shape index (κ1) is 10.2. The van der Waals surface area contributed by atoms with Crippen LogP contribution in [0.3, 0.4) is 0 Å². The summed E-state index contributed by atoms with van der Waals surface area (Å²) in [7, 11) is 0. The molecule has 80 valence electrons. The molecule has 1 atom stereocenters. The predicted molar refractivity (Wildman–Crippen MR) is 59.8 cm³/mol. The molecule has 1 amide bonds. The number of primary amides is 1. The van der Waals surface area contributed by atoms with E-state index in [2.05, 4.69) is 11.4 Å². The first-order valence-electron chi connectivity index (χ1n) is 5.38. The van der Waals surface area contributed by atoms with E-state index in [-0.39, 0.29) is 5.91 Å². The zero-order chi connectivity index (χ0) is 10.7. The van der Waals surface area contributed by atoms with Crippen molar-refractivity contribution in [2.75, 3.05) is 13.1 Å². The van der Waals surface area contributed by atoms with Gasteiger partial charge >= 0.3 is 0 Å². The molecule has 1 aliphatic heterocycles. The van der Waals surface area contributed by atoms with Gasteiger partial charge in [-0.3, -0.25) is 4.79 Å². The van der Waals surface area contributed by atoms with Crippen LogP contribution in [0.15, 0.2) is 24.3 Å².